The van der Waals surface area contributed by atoms with Crippen molar-refractivity contribution >= 4 is 28.8 Å². The minimum absolute atomic E-state index is 0.188. The van der Waals surface area contributed by atoms with E-state index < -0.39 is 11.7 Å². The van der Waals surface area contributed by atoms with E-state index >= 15 is 0 Å². The van der Waals surface area contributed by atoms with Crippen molar-refractivity contribution in [1.82, 2.24) is 19.6 Å². The lowest BCUT2D eigenvalue weighted by Gasteiger charge is -2.10. The fraction of sp³-hybridized carbons (Fsp3) is 0.174. The summed E-state index contributed by atoms with van der Waals surface area (Å²) in [5, 5.41) is 14.9. The van der Waals surface area contributed by atoms with Crippen molar-refractivity contribution < 1.29 is 17.6 Å². The number of nitrogens with one attached hydrogen (secondary N) is 2. The van der Waals surface area contributed by atoms with Crippen molar-refractivity contribution in [3.05, 3.63) is 95.2 Å². The molecule has 2 aromatic carbocycles. The van der Waals surface area contributed by atoms with Gasteiger partial charge in [0.25, 0.3) is 0 Å². The van der Waals surface area contributed by atoms with Crippen LogP contribution in [-0.4, -0.2) is 24.7 Å². The van der Waals surface area contributed by atoms with E-state index in [-0.39, 0.29) is 17.5 Å². The largest absolute Gasteiger partial charge is 0.416 e. The van der Waals surface area contributed by atoms with Crippen LogP contribution in [0.25, 0.3) is 0 Å². The molecule has 2 aromatic heterocycles. The second kappa shape index (κ2) is 9.64. The third kappa shape index (κ3) is 5.98. The fourth-order valence-electron chi connectivity index (χ4n) is 3.32. The van der Waals surface area contributed by atoms with E-state index in [2.05, 4.69) is 20.8 Å². The zero-order chi connectivity index (χ0) is 24.3. The van der Waals surface area contributed by atoms with E-state index in [0.717, 1.165) is 23.4 Å². The topological polar surface area (TPSA) is 59.7 Å². The van der Waals surface area contributed by atoms with Gasteiger partial charge in [-0.15, -0.1) is 0 Å². The highest BCUT2D eigenvalue weighted by Crippen LogP contribution is 2.29. The summed E-state index contributed by atoms with van der Waals surface area (Å²) in [6.45, 7) is 2.47. The molecule has 176 valence electrons. The minimum Gasteiger partial charge on any atom is -0.330 e. The highest BCUT2D eigenvalue weighted by atomic mass is 32.1. The lowest BCUT2D eigenvalue weighted by molar-refractivity contribution is -0.137. The van der Waals surface area contributed by atoms with Gasteiger partial charge in [-0.2, -0.15) is 23.4 Å². The van der Waals surface area contributed by atoms with Crippen molar-refractivity contribution in [2.45, 2.75) is 26.2 Å². The van der Waals surface area contributed by atoms with Crippen LogP contribution < -0.4 is 10.6 Å². The predicted molar refractivity (Wildman–Crippen MR) is 125 cm³/mol. The highest BCUT2D eigenvalue weighted by Gasteiger charge is 2.30. The Hall–Kier alpha value is -3.73. The number of alkyl halides is 3. The van der Waals surface area contributed by atoms with Gasteiger partial charge in [0.1, 0.15) is 5.82 Å². The number of anilines is 2. The first-order chi connectivity index (χ1) is 16.2. The zero-order valence-corrected chi connectivity index (χ0v) is 18.8. The van der Waals surface area contributed by atoms with Gasteiger partial charge in [0.05, 0.1) is 30.5 Å². The third-order valence-corrected chi connectivity index (χ3v) is 5.16. The molecule has 0 fully saturated rings. The Labute approximate surface area is 198 Å². The molecule has 0 radical (unpaired) electrons. The Morgan fingerprint density at radius 3 is 2.50 bits per heavy atom. The van der Waals surface area contributed by atoms with Crippen molar-refractivity contribution in [2.75, 3.05) is 10.6 Å². The number of hydrogen-bond acceptors (Lipinski definition) is 3. The molecule has 0 spiro atoms. The number of rotatable bonds is 6. The van der Waals surface area contributed by atoms with Crippen molar-refractivity contribution in [3.63, 3.8) is 0 Å². The van der Waals surface area contributed by atoms with Crippen LogP contribution in [0.3, 0.4) is 0 Å². The number of benzene rings is 2. The maximum atomic E-state index is 13.0. The molecule has 34 heavy (non-hydrogen) atoms. The predicted octanol–water partition coefficient (Wildman–Crippen LogP) is 5.45. The van der Waals surface area contributed by atoms with Crippen LogP contribution in [0.15, 0.2) is 67.0 Å². The average molecular weight is 489 g/mol. The van der Waals surface area contributed by atoms with Gasteiger partial charge in [-0.05, 0) is 54.5 Å². The number of hydrogen-bond donors (Lipinski definition) is 2. The number of aromatic nitrogens is 4. The van der Waals surface area contributed by atoms with Crippen molar-refractivity contribution in [3.8, 4) is 0 Å². The fourth-order valence-corrected chi connectivity index (χ4v) is 3.54. The van der Waals surface area contributed by atoms with E-state index in [0.29, 0.717) is 23.6 Å². The molecule has 0 aliphatic heterocycles. The first kappa shape index (κ1) is 23.4. The van der Waals surface area contributed by atoms with Gasteiger partial charge in [0.2, 0.25) is 0 Å². The summed E-state index contributed by atoms with van der Waals surface area (Å²) in [6.07, 6.45) is -1.03. The van der Waals surface area contributed by atoms with E-state index in [9.17, 15) is 17.6 Å². The standard InChI is InChI=1S/C23H20F4N6S/c1-15-9-21(31-33(15)13-17-3-2-4-18(10-17)23(25,26)27)30-22(34)29-20-11-28-32(14-20)12-16-5-7-19(24)8-6-16/h2-11,14H,12-13H2,1H3,(H2,29,30,31,34). The first-order valence-electron chi connectivity index (χ1n) is 10.2. The Kier molecular flexibility index (Phi) is 6.64. The molecule has 11 heteroatoms. The molecule has 0 saturated heterocycles. The second-order valence-electron chi connectivity index (χ2n) is 7.66. The van der Waals surface area contributed by atoms with Crippen LogP contribution in [0.2, 0.25) is 0 Å². The van der Waals surface area contributed by atoms with Crippen LogP contribution >= 0.6 is 12.2 Å². The second-order valence-corrected chi connectivity index (χ2v) is 8.07. The molecule has 2 heterocycles. The van der Waals surface area contributed by atoms with Crippen LogP contribution in [0.4, 0.5) is 29.1 Å². The van der Waals surface area contributed by atoms with Crippen molar-refractivity contribution in [2.24, 2.45) is 0 Å². The highest BCUT2D eigenvalue weighted by molar-refractivity contribution is 7.80. The zero-order valence-electron chi connectivity index (χ0n) is 18.0. The molecule has 0 aliphatic carbocycles. The van der Waals surface area contributed by atoms with Crippen LogP contribution in [0, 0.1) is 12.7 Å². The van der Waals surface area contributed by atoms with Gasteiger partial charge in [-0.25, -0.2) is 4.39 Å². The Balaban J connectivity index is 1.36. The van der Waals surface area contributed by atoms with Crippen LogP contribution in [-0.2, 0) is 19.3 Å². The van der Waals surface area contributed by atoms with E-state index in [4.69, 9.17) is 12.2 Å². The van der Waals surface area contributed by atoms with Gasteiger partial charge in [0, 0.05) is 18.0 Å². The summed E-state index contributed by atoms with van der Waals surface area (Å²) in [7, 11) is 0. The van der Waals surface area contributed by atoms with Gasteiger partial charge in [0.15, 0.2) is 10.9 Å². The molecular formula is C23H20F4N6S. The van der Waals surface area contributed by atoms with Crippen molar-refractivity contribution in [1.29, 1.82) is 0 Å². The van der Waals surface area contributed by atoms with Crippen LogP contribution in [0.1, 0.15) is 22.4 Å². The molecule has 0 amide bonds. The molecule has 6 nitrogen and oxygen atoms in total. The molecule has 0 unspecified atom stereocenters. The van der Waals surface area contributed by atoms with Gasteiger partial charge < -0.3 is 10.6 Å². The number of thiocarbonyl (C=S) groups is 1. The summed E-state index contributed by atoms with van der Waals surface area (Å²) in [5.74, 6) is 0.163. The molecular weight excluding hydrogens is 468 g/mol. The van der Waals surface area contributed by atoms with Gasteiger partial charge in [-0.1, -0.05) is 24.3 Å². The average Bonchev–Trinajstić information content (AvgIpc) is 3.35. The van der Waals surface area contributed by atoms with Crippen LogP contribution in [0.5, 0.6) is 0 Å². The molecule has 2 N–H and O–H groups in total. The molecule has 0 aliphatic rings. The molecule has 4 aromatic rings. The summed E-state index contributed by atoms with van der Waals surface area (Å²) in [6, 6.07) is 13.1. The summed E-state index contributed by atoms with van der Waals surface area (Å²) in [4.78, 5) is 0. The maximum Gasteiger partial charge on any atom is 0.416 e. The maximum absolute atomic E-state index is 13.0. The molecule has 0 atom stereocenters. The Bertz CT molecular complexity index is 1290. The number of nitrogens with zero attached hydrogens (tertiary/aromatic N) is 4. The van der Waals surface area contributed by atoms with E-state index in [1.165, 1.54) is 18.2 Å². The number of halogens is 4. The van der Waals surface area contributed by atoms with E-state index in [1.54, 1.807) is 46.0 Å². The molecule has 0 bridgehead atoms. The smallest absolute Gasteiger partial charge is 0.330 e. The first-order valence-corrected chi connectivity index (χ1v) is 10.6. The van der Waals surface area contributed by atoms with E-state index in [1.807, 2.05) is 6.92 Å². The van der Waals surface area contributed by atoms with Gasteiger partial charge in [-0.3, -0.25) is 9.36 Å². The normalized spacial score (nSPS) is 11.4. The third-order valence-electron chi connectivity index (χ3n) is 4.96. The minimum atomic E-state index is -4.40. The lowest BCUT2D eigenvalue weighted by atomic mass is 10.1. The summed E-state index contributed by atoms with van der Waals surface area (Å²) >= 11 is 5.34. The summed E-state index contributed by atoms with van der Waals surface area (Å²) in [5.41, 5.74) is 2.11. The lowest BCUT2D eigenvalue weighted by Crippen LogP contribution is -2.19. The summed E-state index contributed by atoms with van der Waals surface area (Å²) < 4.78 is 55.2. The van der Waals surface area contributed by atoms with Gasteiger partial charge >= 0.3 is 6.18 Å². The molecule has 4 rings (SSSR count). The number of aryl methyl sites for hydroxylation is 1. The Morgan fingerprint density at radius 2 is 1.76 bits per heavy atom. The molecule has 0 saturated carbocycles. The quantitative estimate of drug-likeness (QED) is 0.279. The SMILES string of the molecule is Cc1cc(NC(=S)Nc2cnn(Cc3ccc(F)cc3)c2)nn1Cc1cccc(C(F)(F)F)c1. The monoisotopic (exact) mass is 488 g/mol. The Morgan fingerprint density at radius 1 is 1.00 bits per heavy atom.